The second-order valence-electron chi connectivity index (χ2n) is 4.87. The van der Waals surface area contributed by atoms with Gasteiger partial charge in [0, 0.05) is 7.05 Å². The highest BCUT2D eigenvalue weighted by atomic mass is 32.2. The molecule has 2 saturated heterocycles. The fraction of sp³-hybridized carbons (Fsp3) is 0.667. The third-order valence-corrected chi connectivity index (χ3v) is 4.21. The van der Waals surface area contributed by atoms with Gasteiger partial charge in [-0.05, 0) is 12.5 Å². The van der Waals surface area contributed by atoms with Crippen LogP contribution in [0.3, 0.4) is 0 Å². The number of carboxylic acid groups (broad SMARTS) is 1. The molecule has 0 unspecified atom stereocenters. The summed E-state index contributed by atoms with van der Waals surface area (Å²) in [6.45, 7) is 5.54. The summed E-state index contributed by atoms with van der Waals surface area (Å²) in [6.07, 6.45) is -7.41. The minimum absolute atomic E-state index is 0.223. The monoisotopic (exact) mass is 358 g/mol. The molecule has 2 rings (SSSR count). The first-order valence-electron chi connectivity index (χ1n) is 6.36. The second kappa shape index (κ2) is 7.51. The number of aliphatic hydroxyl groups excluding tert-OH is 2. The normalized spacial score (nSPS) is 34.9. The Balaban J connectivity index is 0.000000322. The number of amidine groups is 1. The van der Waals surface area contributed by atoms with Gasteiger partial charge in [0.05, 0.1) is 6.04 Å². The van der Waals surface area contributed by atoms with Gasteiger partial charge in [0.2, 0.25) is 0 Å². The Hall–Kier alpha value is -1.30. The van der Waals surface area contributed by atoms with Gasteiger partial charge in [-0.2, -0.15) is 13.2 Å². The van der Waals surface area contributed by atoms with Gasteiger partial charge in [-0.3, -0.25) is 4.99 Å². The van der Waals surface area contributed by atoms with E-state index >= 15 is 0 Å². The van der Waals surface area contributed by atoms with Crippen LogP contribution in [-0.2, 0) is 9.53 Å². The van der Waals surface area contributed by atoms with Crippen LogP contribution >= 0.6 is 11.8 Å². The van der Waals surface area contributed by atoms with E-state index in [9.17, 15) is 23.4 Å². The van der Waals surface area contributed by atoms with E-state index in [-0.39, 0.29) is 11.5 Å². The zero-order chi connectivity index (χ0) is 17.9. The number of nitrogens with one attached hydrogen (secondary N) is 1. The average molecular weight is 358 g/mol. The molecule has 23 heavy (non-hydrogen) atoms. The standard InChI is InChI=1S/C10H16N2O3S.C2HF3O2/c1-4(2)8-7(14)6(13)5-9(15-8)16-10(11-3)12-5;3-2(4,5)1(6)7/h5-9,13-14H,1H2,2-3H3,(H,11,12);(H,6,7)/t5-,6-,7+,8-,9-;/m1./s1. The zero-order valence-corrected chi connectivity index (χ0v) is 13.1. The van der Waals surface area contributed by atoms with Crippen molar-refractivity contribution in [3.8, 4) is 0 Å². The number of aliphatic imine (C=N–C) groups is 1. The molecule has 7 nitrogen and oxygen atoms in total. The van der Waals surface area contributed by atoms with Crippen molar-refractivity contribution in [2.75, 3.05) is 7.05 Å². The fourth-order valence-electron chi connectivity index (χ4n) is 1.93. The molecule has 0 aromatic carbocycles. The first-order chi connectivity index (χ1) is 10.5. The van der Waals surface area contributed by atoms with E-state index in [0.29, 0.717) is 5.57 Å². The number of nitrogens with zero attached hydrogens (tertiary/aromatic N) is 1. The quantitative estimate of drug-likeness (QED) is 0.500. The molecule has 2 fully saturated rings. The zero-order valence-electron chi connectivity index (χ0n) is 12.2. The molecule has 0 bridgehead atoms. The number of alkyl halides is 3. The van der Waals surface area contributed by atoms with Crippen molar-refractivity contribution in [1.29, 1.82) is 0 Å². The number of aliphatic carboxylic acids is 1. The number of fused-ring (bicyclic) bond motifs is 1. The molecule has 2 aliphatic rings. The van der Waals surface area contributed by atoms with Gasteiger partial charge in [-0.15, -0.1) is 0 Å². The number of carboxylic acids is 1. The van der Waals surface area contributed by atoms with Gasteiger partial charge in [-0.25, -0.2) is 4.79 Å². The van der Waals surface area contributed by atoms with Crippen molar-refractivity contribution in [1.82, 2.24) is 5.32 Å². The van der Waals surface area contributed by atoms with Crippen LogP contribution in [0.15, 0.2) is 17.1 Å². The topological polar surface area (TPSA) is 111 Å². The fourth-order valence-corrected chi connectivity index (χ4v) is 3.01. The lowest BCUT2D eigenvalue weighted by atomic mass is 9.94. The van der Waals surface area contributed by atoms with E-state index in [1.807, 2.05) is 0 Å². The highest BCUT2D eigenvalue weighted by Gasteiger charge is 2.49. The number of thioether (sulfide) groups is 1. The Morgan fingerprint density at radius 2 is 1.91 bits per heavy atom. The summed E-state index contributed by atoms with van der Waals surface area (Å²) >= 11 is 1.43. The molecule has 0 spiro atoms. The van der Waals surface area contributed by atoms with E-state index in [2.05, 4.69) is 16.9 Å². The van der Waals surface area contributed by atoms with E-state index in [0.717, 1.165) is 5.17 Å². The molecular weight excluding hydrogens is 341 g/mol. The number of ether oxygens (including phenoxy) is 1. The molecule has 0 saturated carbocycles. The number of rotatable bonds is 1. The van der Waals surface area contributed by atoms with Gasteiger partial charge < -0.3 is 25.4 Å². The highest BCUT2D eigenvalue weighted by molar-refractivity contribution is 8.14. The first-order valence-corrected chi connectivity index (χ1v) is 7.24. The molecule has 132 valence electrons. The van der Waals surface area contributed by atoms with Gasteiger partial charge in [0.1, 0.15) is 23.7 Å². The summed E-state index contributed by atoms with van der Waals surface area (Å²) < 4.78 is 37.4. The molecule has 0 aliphatic carbocycles. The van der Waals surface area contributed by atoms with Gasteiger partial charge >= 0.3 is 12.1 Å². The molecule has 2 aliphatic heterocycles. The molecule has 2 heterocycles. The number of hydrogen-bond donors (Lipinski definition) is 4. The molecule has 5 atom stereocenters. The molecule has 0 radical (unpaired) electrons. The minimum Gasteiger partial charge on any atom is -0.475 e. The van der Waals surface area contributed by atoms with Crippen LogP contribution in [0.4, 0.5) is 13.2 Å². The predicted molar refractivity (Wildman–Crippen MR) is 77.1 cm³/mol. The predicted octanol–water partition coefficient (Wildman–Crippen LogP) is 0.333. The maximum atomic E-state index is 10.6. The lowest BCUT2D eigenvalue weighted by Gasteiger charge is -2.39. The number of hydrogen-bond acceptors (Lipinski definition) is 6. The Labute approximate surface area is 134 Å². The third-order valence-electron chi connectivity index (χ3n) is 3.05. The Kier molecular flexibility index (Phi) is 6.45. The van der Waals surface area contributed by atoms with E-state index in [1.54, 1.807) is 14.0 Å². The van der Waals surface area contributed by atoms with Gasteiger partial charge in [-0.1, -0.05) is 18.3 Å². The Bertz CT molecular complexity index is 500. The van der Waals surface area contributed by atoms with E-state index in [4.69, 9.17) is 14.6 Å². The second-order valence-corrected chi connectivity index (χ2v) is 5.96. The van der Waals surface area contributed by atoms with Gasteiger partial charge in [0.25, 0.3) is 0 Å². The molecule has 0 amide bonds. The number of aliphatic hydroxyl groups is 2. The van der Waals surface area contributed by atoms with Crippen molar-refractivity contribution in [2.45, 2.75) is 42.9 Å². The summed E-state index contributed by atoms with van der Waals surface area (Å²) in [4.78, 5) is 12.9. The van der Waals surface area contributed by atoms with Crippen LogP contribution in [0.5, 0.6) is 0 Å². The van der Waals surface area contributed by atoms with Crippen molar-refractivity contribution < 1.29 is 38.0 Å². The summed E-state index contributed by atoms with van der Waals surface area (Å²) in [7, 11) is 1.67. The number of halogens is 3. The van der Waals surface area contributed by atoms with Gasteiger partial charge in [0.15, 0.2) is 5.17 Å². The van der Waals surface area contributed by atoms with Crippen molar-refractivity contribution in [2.24, 2.45) is 4.99 Å². The molecule has 0 aromatic rings. The SMILES string of the molecule is C=C(C)[C@H]1O[C@@H]2SC(=NC)N[C@@H]2[C@@H](O)[C@@H]1O.O=C(O)C(F)(F)F. The van der Waals surface area contributed by atoms with Crippen LogP contribution in [0.1, 0.15) is 6.92 Å². The Morgan fingerprint density at radius 3 is 2.30 bits per heavy atom. The number of carbonyl (C=O) groups is 1. The minimum atomic E-state index is -5.08. The molecule has 0 aromatic heterocycles. The lowest BCUT2D eigenvalue weighted by molar-refractivity contribution is -0.192. The molecule has 4 N–H and O–H groups in total. The third kappa shape index (κ3) is 4.83. The van der Waals surface area contributed by atoms with E-state index in [1.165, 1.54) is 11.8 Å². The van der Waals surface area contributed by atoms with Crippen LogP contribution in [0.2, 0.25) is 0 Å². The first kappa shape index (κ1) is 19.7. The van der Waals surface area contributed by atoms with Crippen molar-refractivity contribution in [3.63, 3.8) is 0 Å². The van der Waals surface area contributed by atoms with Crippen LogP contribution in [-0.4, -0.2) is 69.5 Å². The Morgan fingerprint density at radius 1 is 1.39 bits per heavy atom. The van der Waals surface area contributed by atoms with Crippen molar-refractivity contribution >= 4 is 22.9 Å². The molecular formula is C12H17F3N2O5S. The van der Waals surface area contributed by atoms with Crippen molar-refractivity contribution in [3.05, 3.63) is 12.2 Å². The summed E-state index contributed by atoms with van der Waals surface area (Å²) in [5, 5.41) is 30.7. The maximum Gasteiger partial charge on any atom is 0.490 e. The summed E-state index contributed by atoms with van der Waals surface area (Å²) in [5.74, 6) is -2.76. The lowest BCUT2D eigenvalue weighted by Crippen LogP contribution is -2.58. The van der Waals surface area contributed by atoms with Crippen LogP contribution < -0.4 is 5.32 Å². The van der Waals surface area contributed by atoms with Crippen LogP contribution in [0.25, 0.3) is 0 Å². The van der Waals surface area contributed by atoms with E-state index < -0.39 is 30.5 Å². The molecule has 11 heteroatoms. The largest absolute Gasteiger partial charge is 0.490 e. The summed E-state index contributed by atoms with van der Waals surface area (Å²) in [5.41, 5.74) is 0.492. The maximum absolute atomic E-state index is 10.6. The average Bonchev–Trinajstić information content (AvgIpc) is 2.85. The smallest absolute Gasteiger partial charge is 0.475 e. The summed E-state index contributed by atoms with van der Waals surface area (Å²) in [6, 6.07) is -0.311. The van der Waals surface area contributed by atoms with Crippen LogP contribution in [0, 0.1) is 0 Å². The highest BCUT2D eigenvalue weighted by Crippen LogP contribution is 2.35.